The Morgan fingerprint density at radius 1 is 1.12 bits per heavy atom. The van der Waals surface area contributed by atoms with E-state index in [0.29, 0.717) is 0 Å². The molecule has 2 rings (SSSR count). The predicted octanol–water partition coefficient (Wildman–Crippen LogP) is 2.29. The van der Waals surface area contributed by atoms with Crippen LogP contribution in [0.4, 0.5) is 0 Å². The van der Waals surface area contributed by atoms with E-state index in [4.69, 9.17) is 9.68 Å². The Balaban J connectivity index is 2.50. The normalized spacial score (nSPS) is 11.1. The van der Waals surface area contributed by atoms with E-state index in [-0.39, 0.29) is 15.7 Å². The van der Waals surface area contributed by atoms with Crippen LogP contribution in [0.5, 0.6) is 0 Å². The molecule has 1 aromatic heterocycles. The molecule has 0 unspecified atom stereocenters. The van der Waals surface area contributed by atoms with Gasteiger partial charge in [-0.2, -0.15) is 5.26 Å². The lowest BCUT2D eigenvalue weighted by atomic mass is 10.2. The molecule has 5 heteroatoms. The molecular weight excluding hydrogens is 238 g/mol. The third kappa shape index (κ3) is 2.08. The van der Waals surface area contributed by atoms with Crippen LogP contribution in [-0.4, -0.2) is 8.42 Å². The Hall–Kier alpha value is -2.06. The number of hydrogen-bond donors (Lipinski definition) is 0. The minimum absolute atomic E-state index is 0.0179. The van der Waals surface area contributed by atoms with E-state index in [1.54, 1.807) is 18.2 Å². The molecule has 0 bridgehead atoms. The zero-order valence-electron chi connectivity index (χ0n) is 9.04. The third-order valence-electron chi connectivity index (χ3n) is 2.29. The molecule has 86 valence electrons. The first-order valence-corrected chi connectivity index (χ1v) is 6.34. The van der Waals surface area contributed by atoms with Crippen molar-refractivity contribution in [1.29, 1.82) is 5.26 Å². The van der Waals surface area contributed by atoms with Gasteiger partial charge in [0.2, 0.25) is 20.7 Å². The van der Waals surface area contributed by atoms with E-state index >= 15 is 0 Å². The summed E-state index contributed by atoms with van der Waals surface area (Å²) in [6, 6.07) is 10.8. The molecule has 0 aliphatic heterocycles. The molecule has 4 nitrogen and oxygen atoms in total. The van der Waals surface area contributed by atoms with Crippen molar-refractivity contribution in [2.45, 2.75) is 16.9 Å². The first-order chi connectivity index (χ1) is 8.04. The molecule has 0 saturated heterocycles. The van der Waals surface area contributed by atoms with E-state index in [1.807, 2.05) is 6.92 Å². The molecule has 0 saturated carbocycles. The average molecular weight is 247 g/mol. The van der Waals surface area contributed by atoms with Gasteiger partial charge in [0.1, 0.15) is 6.07 Å². The van der Waals surface area contributed by atoms with Crippen LogP contribution in [0.15, 0.2) is 50.8 Å². The fourth-order valence-electron chi connectivity index (χ4n) is 1.36. The SMILES string of the molecule is Cc1ccc(S(=O)(=O)c2ccc(C#N)o2)cc1. The number of rotatable bonds is 2. The Labute approximate surface area is 99.0 Å². The second kappa shape index (κ2) is 4.07. The number of nitrogens with zero attached hydrogens (tertiary/aromatic N) is 1. The van der Waals surface area contributed by atoms with Gasteiger partial charge in [0.15, 0.2) is 0 Å². The van der Waals surface area contributed by atoms with E-state index in [1.165, 1.54) is 24.3 Å². The highest BCUT2D eigenvalue weighted by atomic mass is 32.2. The fraction of sp³-hybridized carbons (Fsp3) is 0.0833. The lowest BCUT2D eigenvalue weighted by Crippen LogP contribution is -2.00. The van der Waals surface area contributed by atoms with Crippen molar-refractivity contribution in [3.8, 4) is 6.07 Å². The fourth-order valence-corrected chi connectivity index (χ4v) is 2.53. The van der Waals surface area contributed by atoms with E-state index in [2.05, 4.69) is 0 Å². The van der Waals surface area contributed by atoms with Crippen molar-refractivity contribution in [3.63, 3.8) is 0 Å². The van der Waals surface area contributed by atoms with Crippen molar-refractivity contribution in [2.24, 2.45) is 0 Å². The maximum atomic E-state index is 12.1. The number of benzene rings is 1. The Bertz CT molecular complexity index is 675. The van der Waals surface area contributed by atoms with E-state index in [9.17, 15) is 8.42 Å². The Morgan fingerprint density at radius 3 is 2.29 bits per heavy atom. The molecule has 0 aliphatic carbocycles. The minimum atomic E-state index is -3.66. The molecule has 0 radical (unpaired) electrons. The summed E-state index contributed by atoms with van der Waals surface area (Å²) in [5.41, 5.74) is 0.973. The van der Waals surface area contributed by atoms with Gasteiger partial charge in [0.05, 0.1) is 4.90 Å². The minimum Gasteiger partial charge on any atom is -0.434 e. The van der Waals surface area contributed by atoms with Crippen molar-refractivity contribution >= 4 is 9.84 Å². The summed E-state index contributed by atoms with van der Waals surface area (Å²) in [6.45, 7) is 1.87. The average Bonchev–Trinajstić information content (AvgIpc) is 2.78. The quantitative estimate of drug-likeness (QED) is 0.816. The van der Waals surface area contributed by atoms with Crippen molar-refractivity contribution in [2.75, 3.05) is 0 Å². The summed E-state index contributed by atoms with van der Waals surface area (Å²) in [6.07, 6.45) is 0. The van der Waals surface area contributed by atoms with Gasteiger partial charge in [-0.05, 0) is 31.2 Å². The summed E-state index contributed by atoms with van der Waals surface area (Å²) < 4.78 is 29.1. The molecule has 0 N–H and O–H groups in total. The summed E-state index contributed by atoms with van der Waals surface area (Å²) >= 11 is 0. The smallest absolute Gasteiger partial charge is 0.239 e. The molecule has 0 aliphatic rings. The highest BCUT2D eigenvalue weighted by molar-refractivity contribution is 7.91. The molecule has 1 aromatic carbocycles. The Kier molecular flexibility index (Phi) is 2.74. The van der Waals surface area contributed by atoms with Gasteiger partial charge in [-0.25, -0.2) is 8.42 Å². The van der Waals surface area contributed by atoms with Crippen LogP contribution in [0, 0.1) is 18.3 Å². The van der Waals surface area contributed by atoms with Gasteiger partial charge < -0.3 is 4.42 Å². The highest BCUT2D eigenvalue weighted by Crippen LogP contribution is 2.22. The van der Waals surface area contributed by atoms with Gasteiger partial charge >= 0.3 is 0 Å². The largest absolute Gasteiger partial charge is 0.434 e. The number of furan rings is 1. The Morgan fingerprint density at radius 2 is 1.76 bits per heavy atom. The number of aryl methyl sites for hydroxylation is 1. The molecule has 2 aromatic rings. The monoisotopic (exact) mass is 247 g/mol. The molecular formula is C12H9NO3S. The van der Waals surface area contributed by atoms with Crippen molar-refractivity contribution in [3.05, 3.63) is 47.7 Å². The number of hydrogen-bond acceptors (Lipinski definition) is 4. The second-order valence-electron chi connectivity index (χ2n) is 3.55. The van der Waals surface area contributed by atoms with Crippen molar-refractivity contribution < 1.29 is 12.8 Å². The van der Waals surface area contributed by atoms with Gasteiger partial charge in [-0.15, -0.1) is 0 Å². The van der Waals surface area contributed by atoms with Crippen LogP contribution in [0.3, 0.4) is 0 Å². The van der Waals surface area contributed by atoms with Crippen LogP contribution < -0.4 is 0 Å². The van der Waals surface area contributed by atoms with Gasteiger partial charge in [0, 0.05) is 0 Å². The first kappa shape index (κ1) is 11.4. The molecule has 0 fully saturated rings. The summed E-state index contributed by atoms with van der Waals surface area (Å²) in [7, 11) is -3.66. The number of sulfone groups is 1. The molecule has 0 amide bonds. The summed E-state index contributed by atoms with van der Waals surface area (Å²) in [5.74, 6) is -0.0179. The molecule has 17 heavy (non-hydrogen) atoms. The molecule has 0 spiro atoms. The van der Waals surface area contributed by atoms with Gasteiger partial charge in [-0.3, -0.25) is 0 Å². The van der Waals surface area contributed by atoms with Gasteiger partial charge in [0.25, 0.3) is 0 Å². The van der Waals surface area contributed by atoms with Gasteiger partial charge in [-0.1, -0.05) is 17.7 Å². The zero-order valence-corrected chi connectivity index (χ0v) is 9.86. The standard InChI is InChI=1S/C12H9NO3S/c1-9-2-5-11(6-3-9)17(14,15)12-7-4-10(8-13)16-12/h2-7H,1H3. The third-order valence-corrected chi connectivity index (χ3v) is 3.93. The molecule has 1 heterocycles. The summed E-state index contributed by atoms with van der Waals surface area (Å²) in [5, 5.41) is 8.37. The maximum absolute atomic E-state index is 12.1. The second-order valence-corrected chi connectivity index (χ2v) is 5.43. The van der Waals surface area contributed by atoms with Crippen molar-refractivity contribution in [1.82, 2.24) is 0 Å². The van der Waals surface area contributed by atoms with Crippen LogP contribution in [0.1, 0.15) is 11.3 Å². The summed E-state index contributed by atoms with van der Waals surface area (Å²) in [4.78, 5) is 0.155. The zero-order chi connectivity index (χ0) is 12.5. The lowest BCUT2D eigenvalue weighted by Gasteiger charge is -2.01. The predicted molar refractivity (Wildman–Crippen MR) is 60.1 cm³/mol. The topological polar surface area (TPSA) is 71.1 Å². The molecule has 0 atom stereocenters. The van der Waals surface area contributed by atoms with Crippen LogP contribution >= 0.6 is 0 Å². The van der Waals surface area contributed by atoms with Crippen LogP contribution in [0.25, 0.3) is 0 Å². The highest BCUT2D eigenvalue weighted by Gasteiger charge is 2.21. The first-order valence-electron chi connectivity index (χ1n) is 4.86. The van der Waals surface area contributed by atoms with E-state index < -0.39 is 9.84 Å². The number of nitriles is 1. The van der Waals surface area contributed by atoms with Crippen LogP contribution in [-0.2, 0) is 9.84 Å². The maximum Gasteiger partial charge on any atom is 0.239 e. The van der Waals surface area contributed by atoms with Crippen LogP contribution in [0.2, 0.25) is 0 Å². The lowest BCUT2D eigenvalue weighted by molar-refractivity contribution is 0.441. The van der Waals surface area contributed by atoms with E-state index in [0.717, 1.165) is 5.56 Å².